The predicted molar refractivity (Wildman–Crippen MR) is 457 cm³/mol. The average Bonchev–Trinajstić information content (AvgIpc) is 1.52. The number of unbranched alkanes of at least 4 members (excludes halogenated alkanes) is 8. The number of hydrogen-bond donors (Lipinski definition) is 2. The molecule has 5 aliphatic carbocycles. The molecule has 1 aromatic carbocycles. The van der Waals surface area contributed by atoms with Crippen molar-refractivity contribution in [3.8, 4) is 0 Å². The molecule has 10 fully saturated rings. The quantitative estimate of drug-likeness (QED) is 0.0150. The molecule has 0 amide bonds. The fourth-order valence-electron chi connectivity index (χ4n) is 18.2. The Morgan fingerprint density at radius 2 is 0.613 bits per heavy atom. The number of nitrogens with zero attached hydrogens (tertiary/aromatic N) is 2. The van der Waals surface area contributed by atoms with E-state index in [1.54, 1.807) is 12.1 Å². The van der Waals surface area contributed by atoms with Crippen LogP contribution < -0.4 is 10.4 Å². The second kappa shape index (κ2) is 44.3. The van der Waals surface area contributed by atoms with E-state index in [9.17, 15) is 78.6 Å². The summed E-state index contributed by atoms with van der Waals surface area (Å²) in [6.07, 6.45) is 30.5. The van der Waals surface area contributed by atoms with E-state index in [-0.39, 0.29) is 95.5 Å². The lowest BCUT2D eigenvalue weighted by Gasteiger charge is -2.50. The van der Waals surface area contributed by atoms with E-state index < -0.39 is 167 Å². The zero-order chi connectivity index (χ0) is 89.6. The number of quaternary nitrogens is 2. The molecular weight excluding hydrogens is 1690 g/mol. The first-order valence-corrected chi connectivity index (χ1v) is 49.6. The maximum absolute atomic E-state index is 13.3. The second-order valence-electron chi connectivity index (χ2n) is 34.7. The second-order valence-corrected chi connectivity index (χ2v) is 41.3. The molecule has 31 nitrogen and oxygen atoms in total. The van der Waals surface area contributed by atoms with Gasteiger partial charge in [-0.3, -0.25) is 19.2 Å². The fourth-order valence-corrected chi connectivity index (χ4v) is 24.0. The van der Waals surface area contributed by atoms with Crippen molar-refractivity contribution in [1.29, 1.82) is 0 Å². The summed E-state index contributed by atoms with van der Waals surface area (Å²) >= 11 is 0. The van der Waals surface area contributed by atoms with Crippen molar-refractivity contribution >= 4 is 102 Å². The number of hydrogen-bond acceptors (Lipinski definition) is 30. The van der Waals surface area contributed by atoms with Gasteiger partial charge < -0.3 is 90.1 Å². The Kier molecular flexibility index (Phi) is 36.3. The normalized spacial score (nSPS) is 24.0. The molecule has 13 rings (SSSR count). The molecule has 124 heavy (non-hydrogen) atoms. The molecule has 12 aliphatic rings. The first-order chi connectivity index (χ1) is 58.5. The minimum absolute atomic E-state index is 0. The number of carbonyl (C=O) groups excluding carboxylic acids is 9. The van der Waals surface area contributed by atoms with Crippen molar-refractivity contribution in [2.45, 2.75) is 357 Å². The summed E-state index contributed by atoms with van der Waals surface area (Å²) in [7, 11) is -12.4. The van der Waals surface area contributed by atoms with Crippen molar-refractivity contribution in [1.82, 2.24) is 0 Å². The smallest absolute Gasteiger partial charge is 0.353 e. The number of rotatable bonds is 28. The molecule has 0 aromatic heterocycles. The van der Waals surface area contributed by atoms with Gasteiger partial charge in [-0.05, 0) is 114 Å². The monoisotopic (exact) mass is 1820 g/mol. The summed E-state index contributed by atoms with van der Waals surface area (Å²) in [5, 5.41) is 26.6. The van der Waals surface area contributed by atoms with E-state index in [2.05, 4.69) is 60.7 Å². The molecule has 2 N–H and O–H groups in total. The average molecular weight is 1820 g/mol. The molecule has 7 aliphatic heterocycles. The molecular formula is C89H133N3O28S4. The largest absolute Gasteiger partial charge is 0.813 e. The number of ether oxygens (including phenoxy) is 11. The van der Waals surface area contributed by atoms with Gasteiger partial charge in [0.2, 0.25) is 44.3 Å². The Labute approximate surface area is 738 Å². The topological polar surface area (TPSA) is 413 Å². The molecule has 5 saturated heterocycles. The van der Waals surface area contributed by atoms with Crippen LogP contribution in [-0.4, -0.2) is 183 Å². The van der Waals surface area contributed by atoms with Gasteiger partial charge >= 0.3 is 53.7 Å². The molecule has 0 bridgehead atoms. The van der Waals surface area contributed by atoms with Crippen LogP contribution in [0.5, 0.6) is 0 Å². The number of sulfone groups is 3. The number of nitrogens with one attached hydrogen (secondary N) is 1. The molecule has 0 unspecified atom stereocenters. The summed E-state index contributed by atoms with van der Waals surface area (Å²) < 4.78 is 139. The number of aliphatic hydroxyl groups is 1. The first-order valence-electron chi connectivity index (χ1n) is 45.2. The predicted octanol–water partition coefficient (Wildman–Crippen LogP) is 13.7. The zero-order valence-corrected chi connectivity index (χ0v) is 77.1. The maximum Gasteiger partial charge on any atom is 0.353 e. The zero-order valence-electron chi connectivity index (χ0n) is 73.8. The molecule has 7 heterocycles. The van der Waals surface area contributed by atoms with Gasteiger partial charge in [0.25, 0.3) is 23.3 Å². The van der Waals surface area contributed by atoms with Gasteiger partial charge in [-0.15, -0.1) is 0 Å². The van der Waals surface area contributed by atoms with Crippen molar-refractivity contribution in [2.24, 2.45) is 0 Å². The number of aliphatic hydroxyl groups excluding tert-OH is 1. The van der Waals surface area contributed by atoms with Crippen LogP contribution in [0, 0.1) is 0 Å². The van der Waals surface area contributed by atoms with Crippen LogP contribution in [-0.2, 0) is 138 Å². The van der Waals surface area contributed by atoms with Crippen molar-refractivity contribution in [2.75, 3.05) is 57.7 Å². The van der Waals surface area contributed by atoms with Crippen LogP contribution in [0.3, 0.4) is 0 Å². The number of esters is 9. The summed E-state index contributed by atoms with van der Waals surface area (Å²) in [6, 6.07) is 9.09. The van der Waals surface area contributed by atoms with E-state index in [0.29, 0.717) is 50.7 Å². The van der Waals surface area contributed by atoms with Crippen LogP contribution in [0.4, 0.5) is 5.69 Å². The standard InChI is InChI=1S/C30H32O16S2.2C16H36N.C15H17NO4S.C12H12O8.H2S/c31-21-17(15-19-25(35)45-29(47(19,37)38)7-3-1-4-8-29)22(32)42-27(41-21)11-13-28(14-12-27)43-23(33)18(24(34)44-28)16-20-26(36)46-30(48(20,39)40)9-5-2-6-10-30;2*1-5-9-13-17(14-10-6-2,15-11-7-3)16-12-8-4;17-14-13(11-16-12-7-3-1-4-8-12)21(18,19)15(20-14)9-5-2-6-10-15;13-7-5-8(14)18-11(17-7)1-2-12(4-3-11)19-9(15)6-10(16)20-12;/h15-16,31,33H,1-14H2;2*5-16H2,1-4H3;1,3-4,7-8,11,16H,2,5-6,9-10H2;1-6H2;1H2/q;2*+1;;;/p-2/b19-15+,20-16+;;;13-11+;;. The van der Waals surface area contributed by atoms with Gasteiger partial charge in [0.15, 0.2) is 20.5 Å². The van der Waals surface area contributed by atoms with Crippen LogP contribution >= 0.6 is 0 Å². The third kappa shape index (κ3) is 24.0. The number of anilines is 1. The Bertz CT molecular complexity index is 4110. The molecule has 1 aromatic rings. The van der Waals surface area contributed by atoms with Gasteiger partial charge in [-0.1, -0.05) is 144 Å². The highest BCUT2D eigenvalue weighted by molar-refractivity contribution is 7.98. The minimum atomic E-state index is -4.34. The number of carbonyl (C=O) groups is 9. The number of benzene rings is 1. The van der Waals surface area contributed by atoms with Crippen LogP contribution in [0.25, 0.3) is 0 Å². The number of thiol groups is 1. The third-order valence-corrected chi connectivity index (χ3v) is 32.5. The molecule has 5 saturated carbocycles. The lowest BCUT2D eigenvalue weighted by Crippen LogP contribution is -2.55. The lowest BCUT2D eigenvalue weighted by atomic mass is 9.87. The summed E-state index contributed by atoms with van der Waals surface area (Å²) in [5.41, 5.74) is -0.821. The van der Waals surface area contributed by atoms with E-state index >= 15 is 0 Å². The molecule has 0 radical (unpaired) electrons. The molecule has 7 spiro atoms. The first kappa shape index (κ1) is 102. The molecule has 696 valence electrons. The maximum atomic E-state index is 13.3. The van der Waals surface area contributed by atoms with Gasteiger partial charge in [0.1, 0.15) is 18.4 Å². The SMILES string of the molecule is CCCC[N+](CCCC)(CCCC)CCCC.CCCC[N+](CCCC)(CCCC)CCCC.O=C1CC(=O)OC2(CCC3(CC2)OC(=O)CC(=O)O3)O1.O=C1OC2(CCC3(CC2)OC(=O)C(/C=C2\C(=O)OC4(CCCCC4)S2(=O)=O)=C(O)O3)OC([O-])=C1/C=C1\C(=O)OC2(CCCCC2)S1(=O)=O.O=C1OC2(CCCCC2)S(=O)(=O)/C1=C/Nc1ccccc1.[SH-]. The minimum Gasteiger partial charge on any atom is -0.813 e. The summed E-state index contributed by atoms with van der Waals surface area (Å²) in [4.78, 5) is 102. The highest BCUT2D eigenvalue weighted by atomic mass is 32.2. The van der Waals surface area contributed by atoms with Crippen molar-refractivity contribution in [3.63, 3.8) is 0 Å². The van der Waals surface area contributed by atoms with E-state index in [0.717, 1.165) is 37.8 Å². The van der Waals surface area contributed by atoms with Gasteiger partial charge in [0.05, 0.1) is 63.9 Å². The Morgan fingerprint density at radius 3 is 0.903 bits per heavy atom. The lowest BCUT2D eigenvalue weighted by molar-refractivity contribution is -0.929. The van der Waals surface area contributed by atoms with Gasteiger partial charge in [-0.2, -0.15) is 0 Å². The Morgan fingerprint density at radius 1 is 0.347 bits per heavy atom. The van der Waals surface area contributed by atoms with Gasteiger partial charge in [0, 0.05) is 102 Å². The van der Waals surface area contributed by atoms with Crippen molar-refractivity contribution < 1.29 is 140 Å². The summed E-state index contributed by atoms with van der Waals surface area (Å²) in [6.45, 7) is 30.0. The van der Waals surface area contributed by atoms with Crippen LogP contribution in [0.15, 0.2) is 86.4 Å². The Hall–Kier alpha value is -7.73. The highest BCUT2D eigenvalue weighted by Crippen LogP contribution is 2.52. The summed E-state index contributed by atoms with van der Waals surface area (Å²) in [5.74, 6) is -16.7. The van der Waals surface area contributed by atoms with E-state index in [4.69, 9.17) is 52.1 Å². The van der Waals surface area contributed by atoms with Crippen LogP contribution in [0.1, 0.15) is 319 Å². The number of para-hydroxylation sites is 1. The molecule has 35 heteroatoms. The third-order valence-electron chi connectivity index (χ3n) is 25.5. The van der Waals surface area contributed by atoms with E-state index in [1.165, 1.54) is 170 Å². The Balaban J connectivity index is 0.000000210. The van der Waals surface area contributed by atoms with Crippen molar-refractivity contribution in [3.05, 3.63) is 86.4 Å². The van der Waals surface area contributed by atoms with Gasteiger partial charge in [-0.25, -0.2) is 49.2 Å². The van der Waals surface area contributed by atoms with E-state index in [1.807, 2.05) is 18.2 Å². The van der Waals surface area contributed by atoms with Crippen LogP contribution in [0.2, 0.25) is 0 Å². The fraction of sp³-hybridized carbons (Fsp3) is 0.719. The highest BCUT2D eigenvalue weighted by Gasteiger charge is 2.63. The molecule has 0 atom stereocenters.